The zero-order valence-corrected chi connectivity index (χ0v) is 12.5. The van der Waals surface area contributed by atoms with Gasteiger partial charge in [-0.05, 0) is 43.1 Å². The van der Waals surface area contributed by atoms with Crippen LogP contribution >= 0.6 is 0 Å². The van der Waals surface area contributed by atoms with E-state index in [1.165, 1.54) is 5.56 Å². The molecule has 120 valence electrons. The number of carboxylic acid groups (broad SMARTS) is 1. The van der Waals surface area contributed by atoms with Crippen LogP contribution in [0, 0.1) is 5.92 Å². The first kappa shape index (κ1) is 16.5. The Bertz CT molecular complexity index is 498. The molecule has 22 heavy (non-hydrogen) atoms. The van der Waals surface area contributed by atoms with E-state index in [-0.39, 0.29) is 18.2 Å². The molecule has 5 heteroatoms. The molecule has 0 radical (unpaired) electrons. The van der Waals surface area contributed by atoms with E-state index < -0.39 is 18.7 Å². The van der Waals surface area contributed by atoms with E-state index in [4.69, 9.17) is 5.11 Å². The molecule has 0 spiro atoms. The monoisotopic (exact) mass is 307 g/mol. The fourth-order valence-electron chi connectivity index (χ4n) is 3.11. The summed E-state index contributed by atoms with van der Waals surface area (Å²) in [6, 6.07) is 8.93. The summed E-state index contributed by atoms with van der Waals surface area (Å²) in [5.41, 5.74) is 1.34. The molecule has 2 rings (SSSR count). The summed E-state index contributed by atoms with van der Waals surface area (Å²) in [5, 5.41) is 11.0. The van der Waals surface area contributed by atoms with Gasteiger partial charge in [-0.15, -0.1) is 0 Å². The van der Waals surface area contributed by atoms with Gasteiger partial charge < -0.3 is 10.4 Å². The van der Waals surface area contributed by atoms with E-state index in [0.717, 1.165) is 25.7 Å². The van der Waals surface area contributed by atoms with E-state index in [9.17, 15) is 14.0 Å². The molecule has 1 amide bonds. The van der Waals surface area contributed by atoms with Crippen molar-refractivity contribution in [1.29, 1.82) is 0 Å². The Kier molecular flexibility index (Phi) is 5.92. The minimum absolute atomic E-state index is 0.258. The van der Waals surface area contributed by atoms with Crippen LogP contribution in [0.1, 0.15) is 43.6 Å². The lowest BCUT2D eigenvalue weighted by Gasteiger charge is -2.28. The number of carbonyl (C=O) groups excluding carboxylic acids is 1. The third-order valence-electron chi connectivity index (χ3n) is 4.38. The molecular weight excluding hydrogens is 285 g/mol. The Hall–Kier alpha value is -1.91. The topological polar surface area (TPSA) is 66.4 Å². The standard InChI is InChI=1S/C17H22FNO3/c18-11-15(17(21)22)19-16(20)10-12-6-8-14(9-7-12)13-4-2-1-3-5-13/h1-5,12,14-15H,6-11H2,(H,19,20)(H,21,22). The van der Waals surface area contributed by atoms with Crippen LogP contribution in [0.4, 0.5) is 4.39 Å². The van der Waals surface area contributed by atoms with Crippen LogP contribution in [0.15, 0.2) is 30.3 Å². The van der Waals surface area contributed by atoms with Gasteiger partial charge in [-0.25, -0.2) is 9.18 Å². The molecule has 0 heterocycles. The van der Waals surface area contributed by atoms with Crippen molar-refractivity contribution in [2.24, 2.45) is 5.92 Å². The maximum Gasteiger partial charge on any atom is 0.328 e. The van der Waals surface area contributed by atoms with Crippen molar-refractivity contribution in [3.63, 3.8) is 0 Å². The first-order chi connectivity index (χ1) is 10.6. The van der Waals surface area contributed by atoms with E-state index in [0.29, 0.717) is 5.92 Å². The SMILES string of the molecule is O=C(CC1CCC(c2ccccc2)CC1)NC(CF)C(=O)O. The van der Waals surface area contributed by atoms with Gasteiger partial charge in [0, 0.05) is 6.42 Å². The molecule has 0 bridgehead atoms. The maximum atomic E-state index is 12.5. The largest absolute Gasteiger partial charge is 0.480 e. The second-order valence-electron chi connectivity index (χ2n) is 5.95. The molecule has 1 unspecified atom stereocenters. The molecule has 2 N–H and O–H groups in total. The predicted molar refractivity (Wildman–Crippen MR) is 81.3 cm³/mol. The Morgan fingerprint density at radius 3 is 2.36 bits per heavy atom. The summed E-state index contributed by atoms with van der Waals surface area (Å²) < 4.78 is 12.5. The predicted octanol–water partition coefficient (Wildman–Crippen LogP) is 2.89. The van der Waals surface area contributed by atoms with E-state index >= 15 is 0 Å². The smallest absolute Gasteiger partial charge is 0.328 e. The third-order valence-corrected chi connectivity index (χ3v) is 4.38. The molecule has 0 saturated heterocycles. The molecule has 0 aromatic heterocycles. The Morgan fingerprint density at radius 1 is 1.18 bits per heavy atom. The van der Waals surface area contributed by atoms with Crippen molar-refractivity contribution in [3.05, 3.63) is 35.9 Å². The number of rotatable bonds is 6. The van der Waals surface area contributed by atoms with Crippen molar-refractivity contribution in [3.8, 4) is 0 Å². The van der Waals surface area contributed by atoms with Gasteiger partial charge >= 0.3 is 5.97 Å². The van der Waals surface area contributed by atoms with Crippen LogP contribution in [-0.4, -0.2) is 29.7 Å². The van der Waals surface area contributed by atoms with Crippen molar-refractivity contribution in [2.45, 2.75) is 44.1 Å². The number of hydrogen-bond acceptors (Lipinski definition) is 2. The van der Waals surface area contributed by atoms with Gasteiger partial charge in [-0.1, -0.05) is 30.3 Å². The number of nitrogens with one attached hydrogen (secondary N) is 1. The number of aliphatic carboxylic acids is 1. The quantitative estimate of drug-likeness (QED) is 0.849. The van der Waals surface area contributed by atoms with Crippen molar-refractivity contribution in [1.82, 2.24) is 5.32 Å². The third kappa shape index (κ3) is 4.55. The van der Waals surface area contributed by atoms with Gasteiger partial charge in [0.1, 0.15) is 6.67 Å². The molecule has 1 saturated carbocycles. The van der Waals surface area contributed by atoms with Crippen molar-refractivity contribution >= 4 is 11.9 Å². The van der Waals surface area contributed by atoms with Gasteiger partial charge in [0.25, 0.3) is 0 Å². The fourth-order valence-corrected chi connectivity index (χ4v) is 3.11. The average Bonchev–Trinajstić information content (AvgIpc) is 2.54. The maximum absolute atomic E-state index is 12.5. The normalized spacial score (nSPS) is 22.8. The number of benzene rings is 1. The molecule has 0 aliphatic heterocycles. The highest BCUT2D eigenvalue weighted by atomic mass is 19.1. The summed E-state index contributed by atoms with van der Waals surface area (Å²) in [7, 11) is 0. The average molecular weight is 307 g/mol. The summed E-state index contributed by atoms with van der Waals surface area (Å²) in [6.45, 7) is -1.08. The minimum atomic E-state index is -1.42. The number of amides is 1. The first-order valence-corrected chi connectivity index (χ1v) is 7.73. The highest BCUT2D eigenvalue weighted by Crippen LogP contribution is 2.36. The zero-order valence-electron chi connectivity index (χ0n) is 12.5. The van der Waals surface area contributed by atoms with E-state index in [2.05, 4.69) is 17.4 Å². The number of alkyl halides is 1. The van der Waals surface area contributed by atoms with Crippen LogP contribution < -0.4 is 5.32 Å². The summed E-state index contributed by atoms with van der Waals surface area (Å²) in [4.78, 5) is 22.5. The van der Waals surface area contributed by atoms with E-state index in [1.54, 1.807) is 0 Å². The van der Waals surface area contributed by atoms with Gasteiger partial charge in [0.15, 0.2) is 6.04 Å². The molecule has 1 aromatic carbocycles. The summed E-state index contributed by atoms with van der Waals surface area (Å²) >= 11 is 0. The molecular formula is C17H22FNO3. The number of carboxylic acids is 1. The lowest BCUT2D eigenvalue weighted by atomic mass is 9.77. The van der Waals surface area contributed by atoms with Crippen LogP contribution in [0.3, 0.4) is 0 Å². The van der Waals surface area contributed by atoms with Crippen LogP contribution in [0.25, 0.3) is 0 Å². The van der Waals surface area contributed by atoms with Gasteiger partial charge in [0.05, 0.1) is 0 Å². The van der Waals surface area contributed by atoms with Crippen LogP contribution in [0.5, 0.6) is 0 Å². The van der Waals surface area contributed by atoms with E-state index in [1.807, 2.05) is 18.2 Å². The Balaban J connectivity index is 1.77. The second kappa shape index (κ2) is 7.92. The van der Waals surface area contributed by atoms with Crippen molar-refractivity contribution < 1.29 is 19.1 Å². The van der Waals surface area contributed by atoms with Crippen LogP contribution in [-0.2, 0) is 9.59 Å². The van der Waals surface area contributed by atoms with Gasteiger partial charge in [-0.2, -0.15) is 0 Å². The Morgan fingerprint density at radius 2 is 1.82 bits per heavy atom. The fraction of sp³-hybridized carbons (Fsp3) is 0.529. The molecule has 1 aromatic rings. The highest BCUT2D eigenvalue weighted by Gasteiger charge is 2.26. The zero-order chi connectivity index (χ0) is 15.9. The molecule has 4 nitrogen and oxygen atoms in total. The minimum Gasteiger partial charge on any atom is -0.480 e. The molecule has 1 fully saturated rings. The second-order valence-corrected chi connectivity index (χ2v) is 5.95. The highest BCUT2D eigenvalue weighted by molar-refractivity contribution is 5.83. The summed E-state index contributed by atoms with van der Waals surface area (Å²) in [5.74, 6) is -0.899. The number of carbonyl (C=O) groups is 2. The summed E-state index contributed by atoms with van der Waals surface area (Å²) in [6.07, 6.45) is 4.24. The van der Waals surface area contributed by atoms with Crippen LogP contribution in [0.2, 0.25) is 0 Å². The number of halogens is 1. The number of hydrogen-bond donors (Lipinski definition) is 2. The lowest BCUT2D eigenvalue weighted by Crippen LogP contribution is -2.43. The first-order valence-electron chi connectivity index (χ1n) is 7.73. The van der Waals surface area contributed by atoms with Gasteiger partial charge in [-0.3, -0.25) is 4.79 Å². The van der Waals surface area contributed by atoms with Crippen molar-refractivity contribution in [2.75, 3.05) is 6.67 Å². The Labute approximate surface area is 129 Å². The van der Waals surface area contributed by atoms with Gasteiger partial charge in [0.2, 0.25) is 5.91 Å². The molecule has 1 aliphatic rings. The molecule has 1 aliphatic carbocycles. The molecule has 1 atom stereocenters. The lowest BCUT2D eigenvalue weighted by molar-refractivity contribution is -0.142.